The predicted molar refractivity (Wildman–Crippen MR) is 312 cm³/mol. The molecule has 0 rings (SSSR count). The quantitative estimate of drug-likeness (QED) is 0.0745. The van der Waals surface area contributed by atoms with Crippen LogP contribution >= 0.6 is 0 Å². The molecule has 0 amide bonds. The number of hydrogen-bond donors (Lipinski definition) is 0. The summed E-state index contributed by atoms with van der Waals surface area (Å²) in [6, 6.07) is 0. The molecular formula is C60H126N6O12. The average molecular weight is 1120 g/mol. The molecule has 0 aromatic carbocycles. The van der Waals surface area contributed by atoms with Crippen molar-refractivity contribution >= 4 is 35.8 Å². The SMILES string of the molecule is CC[N+](CC)(CC)CC.CC[N+](CC)(CC)CC.CC[N+](CC)(CC)CC.CC[N+](CC)(CC)CC.CC[N+](CC)(CC)CC.CC[N+](CC)(CC)CC.O=C([O-])/C=C/C(=O)[O-].O=C([O-])/C=C/C(=O)[O-].O=C([O-])/C=C/C(=O)[O-]. The third-order valence-corrected chi connectivity index (χ3v) is 17.2. The number of quaternary nitrogens is 6. The van der Waals surface area contributed by atoms with Gasteiger partial charge in [0.15, 0.2) is 0 Å². The van der Waals surface area contributed by atoms with Crippen LogP contribution in [-0.4, -0.2) is 220 Å². The summed E-state index contributed by atoms with van der Waals surface area (Å²) in [6.45, 7) is 85.3. The highest BCUT2D eigenvalue weighted by Gasteiger charge is 2.20. The number of hydrogen-bond acceptors (Lipinski definition) is 12. The Hall–Kier alpha value is -4.20. The minimum absolute atomic E-state index is 0.384. The van der Waals surface area contributed by atoms with Crippen LogP contribution in [0, 0.1) is 0 Å². The number of carboxylic acid groups (broad SMARTS) is 6. The van der Waals surface area contributed by atoms with Crippen LogP contribution in [0.4, 0.5) is 0 Å². The molecule has 0 heterocycles. The lowest BCUT2D eigenvalue weighted by molar-refractivity contribution is -0.921. The smallest absolute Gasteiger partial charge is 0.0757 e. The van der Waals surface area contributed by atoms with E-state index < -0.39 is 35.8 Å². The van der Waals surface area contributed by atoms with Crippen molar-refractivity contribution in [2.75, 3.05) is 157 Å². The van der Waals surface area contributed by atoms with E-state index in [1.165, 1.54) is 184 Å². The van der Waals surface area contributed by atoms with E-state index >= 15 is 0 Å². The maximum atomic E-state index is 9.41. The monoisotopic (exact) mass is 1120 g/mol. The highest BCUT2D eigenvalue weighted by molar-refractivity contribution is 5.88. The van der Waals surface area contributed by atoms with Crippen molar-refractivity contribution in [3.63, 3.8) is 0 Å². The Kier molecular flexibility index (Phi) is 70.4. The van der Waals surface area contributed by atoms with E-state index in [1.54, 1.807) is 0 Å². The van der Waals surface area contributed by atoms with Gasteiger partial charge in [-0.15, -0.1) is 0 Å². The number of aliphatic carboxylic acids is 6. The molecule has 468 valence electrons. The molecule has 18 heteroatoms. The first-order chi connectivity index (χ1) is 36.3. The van der Waals surface area contributed by atoms with Gasteiger partial charge in [0.1, 0.15) is 0 Å². The Morgan fingerprint density at radius 1 is 0.179 bits per heavy atom. The lowest BCUT2D eigenvalue weighted by Gasteiger charge is -2.34. The zero-order valence-corrected chi connectivity index (χ0v) is 55.0. The second-order valence-corrected chi connectivity index (χ2v) is 18.6. The van der Waals surface area contributed by atoms with Crippen LogP contribution in [-0.2, 0) is 28.8 Å². The first kappa shape index (κ1) is 93.1. The maximum Gasteiger partial charge on any atom is 0.0757 e. The Labute approximate surface area is 480 Å². The van der Waals surface area contributed by atoms with Crippen LogP contribution in [0.15, 0.2) is 36.5 Å². The van der Waals surface area contributed by atoms with Crippen molar-refractivity contribution in [2.24, 2.45) is 0 Å². The number of nitrogens with zero attached hydrogens (tertiary/aromatic N) is 6. The van der Waals surface area contributed by atoms with Gasteiger partial charge < -0.3 is 86.3 Å². The normalized spacial score (nSPS) is 11.2. The fourth-order valence-corrected chi connectivity index (χ4v) is 8.46. The third kappa shape index (κ3) is 52.5. The van der Waals surface area contributed by atoms with Crippen LogP contribution in [0.2, 0.25) is 0 Å². The van der Waals surface area contributed by atoms with E-state index in [4.69, 9.17) is 0 Å². The van der Waals surface area contributed by atoms with Crippen LogP contribution in [0.3, 0.4) is 0 Å². The molecule has 0 aromatic heterocycles. The van der Waals surface area contributed by atoms with Gasteiger partial charge in [-0.1, -0.05) is 0 Å². The van der Waals surface area contributed by atoms with Gasteiger partial charge in [0, 0.05) is 0 Å². The summed E-state index contributed by atoms with van der Waals surface area (Å²) >= 11 is 0. The zero-order valence-electron chi connectivity index (χ0n) is 55.0. The molecule has 0 spiro atoms. The molecule has 0 saturated heterocycles. The lowest BCUT2D eigenvalue weighted by Crippen LogP contribution is -2.47. The van der Waals surface area contributed by atoms with Gasteiger partial charge in [0.25, 0.3) is 0 Å². The fourth-order valence-electron chi connectivity index (χ4n) is 8.46. The van der Waals surface area contributed by atoms with E-state index in [0.29, 0.717) is 36.5 Å². The summed E-state index contributed by atoms with van der Waals surface area (Å²) in [6.07, 6.45) is 2.31. The van der Waals surface area contributed by atoms with Gasteiger partial charge in [-0.25, -0.2) is 0 Å². The summed E-state index contributed by atoms with van der Waals surface area (Å²) in [4.78, 5) is 56.5. The van der Waals surface area contributed by atoms with Gasteiger partial charge in [-0.05, 0) is 203 Å². The highest BCUT2D eigenvalue weighted by Crippen LogP contribution is 2.07. The molecule has 0 bridgehead atoms. The number of carbonyl (C=O) groups is 6. The molecular weight excluding hydrogens is 997 g/mol. The van der Waals surface area contributed by atoms with E-state index in [2.05, 4.69) is 166 Å². The van der Waals surface area contributed by atoms with Crippen molar-refractivity contribution < 1.29 is 86.3 Å². The number of carbonyl (C=O) groups excluding carboxylic acids is 6. The van der Waals surface area contributed by atoms with Crippen molar-refractivity contribution in [1.82, 2.24) is 0 Å². The first-order valence-corrected chi connectivity index (χ1v) is 29.7. The molecule has 0 radical (unpaired) electrons. The van der Waals surface area contributed by atoms with E-state index in [0.717, 1.165) is 0 Å². The second-order valence-electron chi connectivity index (χ2n) is 18.6. The van der Waals surface area contributed by atoms with E-state index in [-0.39, 0.29) is 0 Å². The number of rotatable bonds is 30. The summed E-state index contributed by atoms with van der Waals surface area (Å²) < 4.78 is 7.67. The highest BCUT2D eigenvalue weighted by atomic mass is 16.4. The van der Waals surface area contributed by atoms with E-state index in [9.17, 15) is 59.4 Å². The van der Waals surface area contributed by atoms with Crippen molar-refractivity contribution in [3.8, 4) is 0 Å². The molecule has 0 aliphatic carbocycles. The van der Waals surface area contributed by atoms with Gasteiger partial charge in [0.05, 0.1) is 193 Å². The summed E-state index contributed by atoms with van der Waals surface area (Å²) in [5, 5.41) is 56.5. The first-order valence-electron chi connectivity index (χ1n) is 29.7. The molecule has 0 aliphatic rings. The van der Waals surface area contributed by atoms with E-state index in [1.807, 2.05) is 0 Å². The fraction of sp³-hybridized carbons (Fsp3) is 0.800. The molecule has 78 heavy (non-hydrogen) atoms. The lowest BCUT2D eigenvalue weighted by atomic mass is 10.3. The molecule has 0 N–H and O–H groups in total. The Morgan fingerprint density at radius 2 is 0.231 bits per heavy atom. The molecule has 0 aliphatic heterocycles. The zero-order chi connectivity index (χ0) is 63.7. The minimum atomic E-state index is -1.55. The number of carboxylic acids is 6. The van der Waals surface area contributed by atoms with Crippen LogP contribution in [0.5, 0.6) is 0 Å². The molecule has 0 saturated carbocycles. The Morgan fingerprint density at radius 3 is 0.244 bits per heavy atom. The molecule has 0 unspecified atom stereocenters. The Balaban J connectivity index is -0.0000000981. The molecule has 0 aromatic rings. The topological polar surface area (TPSA) is 241 Å². The van der Waals surface area contributed by atoms with Gasteiger partial charge in [-0.2, -0.15) is 0 Å². The van der Waals surface area contributed by atoms with Crippen LogP contribution in [0.1, 0.15) is 166 Å². The van der Waals surface area contributed by atoms with Crippen molar-refractivity contribution in [2.45, 2.75) is 166 Å². The molecule has 18 nitrogen and oxygen atoms in total. The van der Waals surface area contributed by atoms with Crippen LogP contribution < -0.4 is 30.6 Å². The third-order valence-electron chi connectivity index (χ3n) is 17.2. The standard InChI is InChI=1S/6C8H20N.3C4H4O4/c6*1-5-9(6-2,7-3)8-4;3*5-3(6)1-2-4(7)8/h6*5-8H2,1-4H3;3*1-2H,(H,5,6)(H,7,8)/q6*+1;;;/p-6/b;;;;;;3*2-1+. The Bertz CT molecular complexity index is 1120. The minimum Gasteiger partial charge on any atom is -0.545 e. The van der Waals surface area contributed by atoms with Crippen molar-refractivity contribution in [1.29, 1.82) is 0 Å². The molecule has 0 atom stereocenters. The van der Waals surface area contributed by atoms with Gasteiger partial charge >= 0.3 is 0 Å². The second kappa shape index (κ2) is 58.9. The maximum absolute atomic E-state index is 9.41. The summed E-state index contributed by atoms with van der Waals surface area (Å²) in [5.41, 5.74) is 0. The molecule has 0 fully saturated rings. The van der Waals surface area contributed by atoms with Crippen LogP contribution in [0.25, 0.3) is 0 Å². The summed E-state index contributed by atoms with van der Waals surface area (Å²) in [7, 11) is 0. The summed E-state index contributed by atoms with van der Waals surface area (Å²) in [5.74, 6) is -9.28. The average Bonchev–Trinajstić information content (AvgIpc) is 3.45. The van der Waals surface area contributed by atoms with Gasteiger partial charge in [-0.3, -0.25) is 0 Å². The predicted octanol–water partition coefficient (Wildman–Crippen LogP) is 2.42. The van der Waals surface area contributed by atoms with Gasteiger partial charge in [0.2, 0.25) is 0 Å². The largest absolute Gasteiger partial charge is 0.545 e. The van der Waals surface area contributed by atoms with Crippen molar-refractivity contribution in [3.05, 3.63) is 36.5 Å².